The summed E-state index contributed by atoms with van der Waals surface area (Å²) in [7, 11) is 3.01. The van der Waals surface area contributed by atoms with Crippen molar-refractivity contribution in [2.75, 3.05) is 27.3 Å². The third-order valence-electron chi connectivity index (χ3n) is 2.21. The maximum atomic E-state index is 11.8. The van der Waals surface area contributed by atoms with Crippen molar-refractivity contribution >= 4 is 5.91 Å². The normalized spacial score (nSPS) is 9.94. The zero-order valence-electron chi connectivity index (χ0n) is 9.30. The predicted octanol–water partition coefficient (Wildman–Crippen LogP) is 0.465. The minimum atomic E-state index is -0.229. The first kappa shape index (κ1) is 12.3. The minimum Gasteiger partial charge on any atom is -0.504 e. The first-order valence-electron chi connectivity index (χ1n) is 4.83. The quantitative estimate of drug-likeness (QED) is 0.781. The van der Waals surface area contributed by atoms with Crippen molar-refractivity contribution in [2.24, 2.45) is 0 Å². The molecule has 16 heavy (non-hydrogen) atoms. The maximum absolute atomic E-state index is 11.8. The molecular weight excluding hydrogens is 210 g/mol. The molecule has 0 aliphatic carbocycles. The van der Waals surface area contributed by atoms with Gasteiger partial charge in [0.05, 0.1) is 13.7 Å². The van der Waals surface area contributed by atoms with Crippen LogP contribution in [-0.2, 0) is 0 Å². The molecule has 0 aliphatic rings. The summed E-state index contributed by atoms with van der Waals surface area (Å²) in [6.07, 6.45) is 0. The smallest absolute Gasteiger partial charge is 0.253 e. The lowest BCUT2D eigenvalue weighted by atomic mass is 10.2. The summed E-state index contributed by atoms with van der Waals surface area (Å²) in [5, 5.41) is 18.1. The average Bonchev–Trinajstić information content (AvgIpc) is 2.29. The standard InChI is InChI=1S/C11H15NO4/c1-12(5-6-13)11(15)8-3-4-9(14)10(7-8)16-2/h3-4,7,13-14H,5-6H2,1-2H3. The second kappa shape index (κ2) is 5.37. The van der Waals surface area contributed by atoms with Crippen molar-refractivity contribution in [2.45, 2.75) is 0 Å². The fraction of sp³-hybridized carbons (Fsp3) is 0.364. The van der Waals surface area contributed by atoms with Gasteiger partial charge >= 0.3 is 0 Å². The average molecular weight is 225 g/mol. The highest BCUT2D eigenvalue weighted by atomic mass is 16.5. The molecule has 0 fully saturated rings. The van der Waals surface area contributed by atoms with E-state index in [1.54, 1.807) is 7.05 Å². The van der Waals surface area contributed by atoms with Crippen molar-refractivity contribution < 1.29 is 19.7 Å². The molecule has 5 nitrogen and oxygen atoms in total. The molecule has 0 radical (unpaired) electrons. The monoisotopic (exact) mass is 225 g/mol. The predicted molar refractivity (Wildman–Crippen MR) is 58.7 cm³/mol. The lowest BCUT2D eigenvalue weighted by Gasteiger charge is -2.16. The van der Waals surface area contributed by atoms with E-state index in [2.05, 4.69) is 0 Å². The van der Waals surface area contributed by atoms with Crippen LogP contribution < -0.4 is 4.74 Å². The van der Waals surface area contributed by atoms with Gasteiger partial charge in [-0.25, -0.2) is 0 Å². The van der Waals surface area contributed by atoms with E-state index in [0.717, 1.165) is 0 Å². The second-order valence-corrected chi connectivity index (χ2v) is 3.34. The number of ether oxygens (including phenoxy) is 1. The second-order valence-electron chi connectivity index (χ2n) is 3.34. The number of phenols is 1. The van der Waals surface area contributed by atoms with Crippen LogP contribution in [0.3, 0.4) is 0 Å². The van der Waals surface area contributed by atoms with Gasteiger partial charge in [-0.2, -0.15) is 0 Å². The van der Waals surface area contributed by atoms with E-state index in [1.165, 1.54) is 30.2 Å². The summed E-state index contributed by atoms with van der Waals surface area (Å²) in [5.41, 5.74) is 0.408. The SMILES string of the molecule is COc1cc(C(=O)N(C)CCO)ccc1O. The molecule has 0 saturated carbocycles. The molecule has 1 aromatic rings. The van der Waals surface area contributed by atoms with Crippen molar-refractivity contribution in [3.63, 3.8) is 0 Å². The lowest BCUT2D eigenvalue weighted by molar-refractivity contribution is 0.0766. The van der Waals surface area contributed by atoms with Gasteiger partial charge in [0.2, 0.25) is 0 Å². The van der Waals surface area contributed by atoms with Gasteiger partial charge in [-0.3, -0.25) is 4.79 Å². The topological polar surface area (TPSA) is 70.0 Å². The Morgan fingerprint density at radius 2 is 2.19 bits per heavy atom. The molecule has 0 atom stereocenters. The molecular formula is C11H15NO4. The van der Waals surface area contributed by atoms with Crippen LogP contribution in [0, 0.1) is 0 Å². The van der Waals surface area contributed by atoms with Crippen LogP contribution in [-0.4, -0.2) is 48.3 Å². The summed E-state index contributed by atoms with van der Waals surface area (Å²) < 4.78 is 4.91. The van der Waals surface area contributed by atoms with E-state index in [9.17, 15) is 9.90 Å². The van der Waals surface area contributed by atoms with Crippen LogP contribution in [0.5, 0.6) is 11.5 Å². The van der Waals surface area contributed by atoms with Crippen molar-refractivity contribution in [3.8, 4) is 11.5 Å². The molecule has 2 N–H and O–H groups in total. The number of amides is 1. The number of hydrogen-bond acceptors (Lipinski definition) is 4. The zero-order valence-corrected chi connectivity index (χ0v) is 9.30. The van der Waals surface area contributed by atoms with Gasteiger partial charge in [-0.05, 0) is 18.2 Å². The number of methoxy groups -OCH3 is 1. The molecule has 0 aliphatic heterocycles. The third kappa shape index (κ3) is 2.64. The molecule has 0 heterocycles. The molecule has 0 unspecified atom stereocenters. The highest BCUT2D eigenvalue weighted by molar-refractivity contribution is 5.94. The number of rotatable bonds is 4. The van der Waals surface area contributed by atoms with Crippen LogP contribution >= 0.6 is 0 Å². The Bertz CT molecular complexity index is 378. The first-order chi connectivity index (χ1) is 7.60. The number of aliphatic hydroxyl groups excluding tert-OH is 1. The van der Waals surface area contributed by atoms with E-state index in [0.29, 0.717) is 5.56 Å². The highest BCUT2D eigenvalue weighted by Crippen LogP contribution is 2.26. The minimum absolute atomic E-state index is 0.0103. The Kier molecular flexibility index (Phi) is 4.13. The fourth-order valence-electron chi connectivity index (χ4n) is 1.28. The van der Waals surface area contributed by atoms with E-state index < -0.39 is 0 Å². The molecule has 0 saturated heterocycles. The third-order valence-corrected chi connectivity index (χ3v) is 2.21. The highest BCUT2D eigenvalue weighted by Gasteiger charge is 2.13. The van der Waals surface area contributed by atoms with Crippen molar-refractivity contribution in [3.05, 3.63) is 23.8 Å². The Morgan fingerprint density at radius 3 is 2.75 bits per heavy atom. The number of likely N-dealkylation sites (N-methyl/N-ethyl adjacent to an activating group) is 1. The van der Waals surface area contributed by atoms with Crippen LogP contribution in [0.15, 0.2) is 18.2 Å². The summed E-state index contributed by atoms with van der Waals surface area (Å²) >= 11 is 0. The van der Waals surface area contributed by atoms with Crippen LogP contribution in [0.2, 0.25) is 0 Å². The number of aliphatic hydroxyl groups is 1. The molecule has 0 aromatic heterocycles. The number of carbonyl (C=O) groups excluding carboxylic acids is 1. The van der Waals surface area contributed by atoms with Crippen LogP contribution in [0.4, 0.5) is 0 Å². The Hall–Kier alpha value is -1.75. The zero-order chi connectivity index (χ0) is 12.1. The summed E-state index contributed by atoms with van der Waals surface area (Å²) in [4.78, 5) is 13.2. The van der Waals surface area contributed by atoms with E-state index in [1.807, 2.05) is 0 Å². The number of hydrogen-bond donors (Lipinski definition) is 2. The number of aromatic hydroxyl groups is 1. The largest absolute Gasteiger partial charge is 0.504 e. The molecule has 0 spiro atoms. The fourth-order valence-corrected chi connectivity index (χ4v) is 1.28. The van der Waals surface area contributed by atoms with E-state index in [4.69, 9.17) is 9.84 Å². The van der Waals surface area contributed by atoms with Gasteiger partial charge in [0.1, 0.15) is 0 Å². The Labute approximate surface area is 93.9 Å². The van der Waals surface area contributed by atoms with Crippen LogP contribution in [0.1, 0.15) is 10.4 Å². The molecule has 1 aromatic carbocycles. The van der Waals surface area contributed by atoms with Gasteiger partial charge in [-0.1, -0.05) is 0 Å². The Morgan fingerprint density at radius 1 is 1.50 bits per heavy atom. The summed E-state index contributed by atoms with van der Waals surface area (Å²) in [5.74, 6) is 0.0134. The Balaban J connectivity index is 2.92. The van der Waals surface area contributed by atoms with Gasteiger partial charge in [0.25, 0.3) is 5.91 Å². The van der Waals surface area contributed by atoms with E-state index >= 15 is 0 Å². The number of phenolic OH excluding ortho intramolecular Hbond substituents is 1. The lowest BCUT2D eigenvalue weighted by Crippen LogP contribution is -2.29. The summed E-state index contributed by atoms with van der Waals surface area (Å²) in [6, 6.07) is 4.37. The van der Waals surface area contributed by atoms with Crippen molar-refractivity contribution in [1.82, 2.24) is 4.90 Å². The molecule has 88 valence electrons. The molecule has 5 heteroatoms. The van der Waals surface area contributed by atoms with Crippen molar-refractivity contribution in [1.29, 1.82) is 0 Å². The number of nitrogens with zero attached hydrogens (tertiary/aromatic N) is 1. The molecule has 1 rings (SSSR count). The first-order valence-corrected chi connectivity index (χ1v) is 4.83. The maximum Gasteiger partial charge on any atom is 0.253 e. The van der Waals surface area contributed by atoms with Gasteiger partial charge in [-0.15, -0.1) is 0 Å². The molecule has 1 amide bonds. The molecule has 0 bridgehead atoms. The van der Waals surface area contributed by atoms with Gasteiger partial charge in [0.15, 0.2) is 11.5 Å². The summed E-state index contributed by atoms with van der Waals surface area (Å²) in [6.45, 7) is 0.180. The van der Waals surface area contributed by atoms with Gasteiger partial charge < -0.3 is 19.8 Å². The van der Waals surface area contributed by atoms with Crippen LogP contribution in [0.25, 0.3) is 0 Å². The van der Waals surface area contributed by atoms with E-state index in [-0.39, 0.29) is 30.6 Å². The van der Waals surface area contributed by atoms with Gasteiger partial charge in [0, 0.05) is 19.2 Å². The number of benzene rings is 1. The number of carbonyl (C=O) groups is 1.